The smallest absolute Gasteiger partial charge is 0.252 e. The topological polar surface area (TPSA) is 63.1 Å². The van der Waals surface area contributed by atoms with E-state index in [0.29, 0.717) is 24.6 Å². The number of pyridine rings is 1. The molecule has 7 heteroatoms. The Morgan fingerprint density at radius 2 is 1.97 bits per heavy atom. The van der Waals surface area contributed by atoms with Crippen LogP contribution in [0.15, 0.2) is 60.1 Å². The minimum absolute atomic E-state index is 0.0451. The Morgan fingerprint density at radius 3 is 2.70 bits per heavy atom. The van der Waals surface area contributed by atoms with Crippen LogP contribution in [0.4, 0.5) is 0 Å². The van der Waals surface area contributed by atoms with Gasteiger partial charge in [0, 0.05) is 30.1 Å². The fourth-order valence-electron chi connectivity index (χ4n) is 4.53. The summed E-state index contributed by atoms with van der Waals surface area (Å²) in [4.78, 5) is 22.0. The molecule has 1 amide bonds. The van der Waals surface area contributed by atoms with Crippen molar-refractivity contribution in [3.8, 4) is 11.3 Å². The third-order valence-corrected chi connectivity index (χ3v) is 7.30. The van der Waals surface area contributed by atoms with Gasteiger partial charge in [-0.3, -0.25) is 9.69 Å². The summed E-state index contributed by atoms with van der Waals surface area (Å²) in [6.45, 7) is 6.65. The molecule has 0 saturated carbocycles. The monoisotopic (exact) mass is 459 g/mol. The number of likely N-dealkylation sites (tertiary alicyclic amines) is 1. The molecule has 3 aromatic heterocycles. The highest BCUT2D eigenvalue weighted by Gasteiger charge is 2.22. The van der Waals surface area contributed by atoms with Crippen molar-refractivity contribution in [2.75, 3.05) is 19.6 Å². The number of aryl methyl sites for hydroxylation is 1. The SMILES string of the molecule is CCn1ncc2c(C(=O)NCC3CCN(Cc4cccs4)CC3)cc(-c3ccccc3)nc21. The number of benzene rings is 1. The van der Waals surface area contributed by atoms with Gasteiger partial charge in [0.15, 0.2) is 5.65 Å². The second-order valence-electron chi connectivity index (χ2n) is 8.63. The van der Waals surface area contributed by atoms with Crippen molar-refractivity contribution in [2.45, 2.75) is 32.9 Å². The summed E-state index contributed by atoms with van der Waals surface area (Å²) in [7, 11) is 0. The van der Waals surface area contributed by atoms with Crippen molar-refractivity contribution in [3.63, 3.8) is 0 Å². The standard InChI is InChI=1S/C26H29N5OS/c1-2-31-25-23(17-28-31)22(15-24(29-25)20-7-4-3-5-8-20)26(32)27-16-19-10-12-30(13-11-19)18-21-9-6-14-33-21/h3-9,14-15,17,19H,2,10-13,16,18H2,1H3,(H,27,32). The van der Waals surface area contributed by atoms with E-state index in [-0.39, 0.29) is 5.91 Å². The third-order valence-electron chi connectivity index (χ3n) is 6.44. The summed E-state index contributed by atoms with van der Waals surface area (Å²) < 4.78 is 1.85. The maximum Gasteiger partial charge on any atom is 0.252 e. The lowest BCUT2D eigenvalue weighted by atomic mass is 9.96. The molecule has 170 valence electrons. The van der Waals surface area contributed by atoms with E-state index in [1.165, 1.54) is 4.88 Å². The molecule has 4 heterocycles. The summed E-state index contributed by atoms with van der Waals surface area (Å²) in [6, 6.07) is 16.2. The number of carbonyl (C=O) groups excluding carboxylic acids is 1. The van der Waals surface area contributed by atoms with Gasteiger partial charge < -0.3 is 5.32 Å². The Balaban J connectivity index is 1.28. The van der Waals surface area contributed by atoms with Crippen LogP contribution in [0.3, 0.4) is 0 Å². The molecule has 6 nitrogen and oxygen atoms in total. The first-order chi connectivity index (χ1) is 16.2. The molecule has 4 aromatic rings. The average Bonchev–Trinajstić information content (AvgIpc) is 3.53. The lowest BCUT2D eigenvalue weighted by Gasteiger charge is -2.31. The van der Waals surface area contributed by atoms with E-state index < -0.39 is 0 Å². The molecule has 1 aromatic carbocycles. The van der Waals surface area contributed by atoms with Crippen molar-refractivity contribution in [2.24, 2.45) is 5.92 Å². The summed E-state index contributed by atoms with van der Waals surface area (Å²) in [5.74, 6) is 0.467. The molecule has 33 heavy (non-hydrogen) atoms. The van der Waals surface area contributed by atoms with Gasteiger partial charge in [-0.15, -0.1) is 11.3 Å². The van der Waals surface area contributed by atoms with Crippen LogP contribution in [0.5, 0.6) is 0 Å². The van der Waals surface area contributed by atoms with E-state index in [4.69, 9.17) is 4.98 Å². The van der Waals surface area contributed by atoms with Crippen LogP contribution >= 0.6 is 11.3 Å². The van der Waals surface area contributed by atoms with E-state index >= 15 is 0 Å². The van der Waals surface area contributed by atoms with Gasteiger partial charge in [0.1, 0.15) is 0 Å². The van der Waals surface area contributed by atoms with Crippen molar-refractivity contribution in [3.05, 3.63) is 70.5 Å². The van der Waals surface area contributed by atoms with E-state index in [1.54, 1.807) is 6.20 Å². The number of nitrogens with zero attached hydrogens (tertiary/aromatic N) is 4. The molecule has 0 radical (unpaired) electrons. The number of hydrogen-bond donors (Lipinski definition) is 1. The van der Waals surface area contributed by atoms with E-state index in [2.05, 4.69) is 32.8 Å². The summed E-state index contributed by atoms with van der Waals surface area (Å²) >= 11 is 1.82. The Kier molecular flexibility index (Phi) is 6.51. The van der Waals surface area contributed by atoms with Gasteiger partial charge in [-0.2, -0.15) is 5.10 Å². The second-order valence-corrected chi connectivity index (χ2v) is 9.66. The molecule has 1 aliphatic rings. The first kappa shape index (κ1) is 21.8. The molecule has 0 bridgehead atoms. The van der Waals surface area contributed by atoms with E-state index in [9.17, 15) is 4.79 Å². The zero-order chi connectivity index (χ0) is 22.6. The highest BCUT2D eigenvalue weighted by atomic mass is 32.1. The first-order valence-corrected chi connectivity index (χ1v) is 12.5. The molecule has 0 atom stereocenters. The highest BCUT2D eigenvalue weighted by Crippen LogP contribution is 2.25. The number of rotatable bonds is 7. The molecule has 0 aliphatic carbocycles. The second kappa shape index (κ2) is 9.85. The van der Waals surface area contributed by atoms with Gasteiger partial charge in [-0.1, -0.05) is 36.4 Å². The summed E-state index contributed by atoms with van der Waals surface area (Å²) in [5, 5.41) is 10.6. The van der Waals surface area contributed by atoms with E-state index in [0.717, 1.165) is 54.8 Å². The number of nitrogens with one attached hydrogen (secondary N) is 1. The van der Waals surface area contributed by atoms with Gasteiger partial charge >= 0.3 is 0 Å². The Labute approximate surface area is 198 Å². The number of fused-ring (bicyclic) bond motifs is 1. The molecule has 1 fully saturated rings. The molecule has 1 saturated heterocycles. The number of hydrogen-bond acceptors (Lipinski definition) is 5. The zero-order valence-corrected chi connectivity index (χ0v) is 19.7. The number of amides is 1. The lowest BCUT2D eigenvalue weighted by molar-refractivity contribution is 0.0937. The fourth-order valence-corrected chi connectivity index (χ4v) is 5.27. The lowest BCUT2D eigenvalue weighted by Crippen LogP contribution is -2.38. The molecule has 1 aliphatic heterocycles. The molecule has 0 unspecified atom stereocenters. The molecule has 0 spiro atoms. The van der Waals surface area contributed by atoms with Crippen LogP contribution in [0.1, 0.15) is 35.0 Å². The molecule has 5 rings (SSSR count). The van der Waals surface area contributed by atoms with Crippen LogP contribution < -0.4 is 5.32 Å². The minimum Gasteiger partial charge on any atom is -0.352 e. The van der Waals surface area contributed by atoms with Crippen LogP contribution in [0.25, 0.3) is 22.3 Å². The largest absolute Gasteiger partial charge is 0.352 e. The molecular formula is C26H29N5OS. The predicted octanol–water partition coefficient (Wildman–Crippen LogP) is 4.82. The van der Waals surface area contributed by atoms with Crippen molar-refractivity contribution >= 4 is 28.3 Å². The van der Waals surface area contributed by atoms with Crippen molar-refractivity contribution in [1.82, 2.24) is 25.0 Å². The van der Waals surface area contributed by atoms with E-state index in [1.807, 2.05) is 59.3 Å². The van der Waals surface area contributed by atoms with Gasteiger partial charge in [-0.05, 0) is 56.3 Å². The number of carbonyl (C=O) groups is 1. The van der Waals surface area contributed by atoms with Crippen LogP contribution in [-0.2, 0) is 13.1 Å². The fraction of sp³-hybridized carbons (Fsp3) is 0.346. The highest BCUT2D eigenvalue weighted by molar-refractivity contribution is 7.09. The van der Waals surface area contributed by atoms with Crippen LogP contribution in [0.2, 0.25) is 0 Å². The number of thiophene rings is 1. The van der Waals surface area contributed by atoms with Gasteiger partial charge in [0.05, 0.1) is 22.8 Å². The normalized spacial score (nSPS) is 15.2. The number of aromatic nitrogens is 3. The van der Waals surface area contributed by atoms with Crippen LogP contribution in [-0.4, -0.2) is 45.2 Å². The minimum atomic E-state index is -0.0451. The first-order valence-electron chi connectivity index (χ1n) is 11.7. The Morgan fingerprint density at radius 1 is 1.15 bits per heavy atom. The predicted molar refractivity (Wildman–Crippen MR) is 133 cm³/mol. The summed E-state index contributed by atoms with van der Waals surface area (Å²) in [5.41, 5.74) is 3.19. The third kappa shape index (κ3) is 4.84. The van der Waals surface area contributed by atoms with Gasteiger partial charge in [-0.25, -0.2) is 9.67 Å². The maximum absolute atomic E-state index is 13.3. The zero-order valence-electron chi connectivity index (χ0n) is 18.9. The Hall–Kier alpha value is -3.03. The van der Waals surface area contributed by atoms with Crippen LogP contribution in [0, 0.1) is 5.92 Å². The quantitative estimate of drug-likeness (QED) is 0.430. The van der Waals surface area contributed by atoms with Crippen molar-refractivity contribution < 1.29 is 4.79 Å². The molecule has 1 N–H and O–H groups in total. The average molecular weight is 460 g/mol. The van der Waals surface area contributed by atoms with Gasteiger partial charge in [0.25, 0.3) is 5.91 Å². The van der Waals surface area contributed by atoms with Crippen molar-refractivity contribution in [1.29, 1.82) is 0 Å². The number of piperidine rings is 1. The maximum atomic E-state index is 13.3. The van der Waals surface area contributed by atoms with Gasteiger partial charge in [0.2, 0.25) is 0 Å². The summed E-state index contributed by atoms with van der Waals surface area (Å²) in [6.07, 6.45) is 3.99. The Bertz CT molecular complexity index is 1210. The molecular weight excluding hydrogens is 430 g/mol.